The number of fused-ring (bicyclic) bond motifs is 13. The molecule has 3 heterocycles. The highest BCUT2D eigenvalue weighted by Gasteiger charge is 2.25. The third-order valence-corrected chi connectivity index (χ3v) is 14.1. The number of hydrogen-bond acceptors (Lipinski definition) is 0. The Bertz CT molecular complexity index is 4190. The monoisotopic (exact) mass is 838 g/mol. The summed E-state index contributed by atoms with van der Waals surface area (Å²) >= 11 is 0. The van der Waals surface area contributed by atoms with Crippen molar-refractivity contribution in [2.45, 2.75) is 6.42 Å². The first-order valence-electron chi connectivity index (χ1n) is 22.6. The number of benzene rings is 10. The molecule has 3 aromatic heterocycles. The summed E-state index contributed by atoms with van der Waals surface area (Å²) in [7, 11) is 0. The van der Waals surface area contributed by atoms with Gasteiger partial charge in [-0.3, -0.25) is 0 Å². The van der Waals surface area contributed by atoms with Crippen LogP contribution in [0, 0.1) is 6.57 Å². The number of hydrogen-bond donors (Lipinski definition) is 0. The lowest BCUT2D eigenvalue weighted by atomic mass is 9.97. The highest BCUT2D eigenvalue weighted by Crippen LogP contribution is 2.46. The summed E-state index contributed by atoms with van der Waals surface area (Å²) < 4.78 is 7.43. The summed E-state index contributed by atoms with van der Waals surface area (Å²) in [5, 5.41) is 7.41. The molecule has 0 radical (unpaired) electrons. The summed E-state index contributed by atoms with van der Waals surface area (Å²) in [6, 6.07) is 79.4. The Balaban J connectivity index is 1.06. The van der Waals surface area contributed by atoms with Crippen LogP contribution < -0.4 is 0 Å². The zero-order chi connectivity index (χ0) is 43.5. The number of para-hydroxylation sites is 5. The zero-order valence-corrected chi connectivity index (χ0v) is 35.8. The van der Waals surface area contributed by atoms with E-state index >= 15 is 0 Å². The van der Waals surface area contributed by atoms with Crippen LogP contribution in [0.4, 0.5) is 5.69 Å². The van der Waals surface area contributed by atoms with Crippen LogP contribution in [-0.4, -0.2) is 13.7 Å². The zero-order valence-electron chi connectivity index (χ0n) is 35.8. The van der Waals surface area contributed by atoms with Gasteiger partial charge in [0.1, 0.15) is 0 Å². The number of aromatic nitrogens is 3. The fraction of sp³-hybridized carbons (Fsp3) is 0.0161. The summed E-state index contributed by atoms with van der Waals surface area (Å²) in [6.45, 7) is 7.85. The van der Waals surface area contributed by atoms with Crippen LogP contribution in [0.2, 0.25) is 0 Å². The SMILES string of the molecule is [C-]#[N+]c1ccccc1-c1ccc(-c2ccc(-n3c4ccccc4c4c3ccc3c5ccccc5n(-c5ccccc5)c34)cc2-n2c3ccccc3c3cc4c(cc32)Cc2ccccc2-4)cc1. The Morgan fingerprint density at radius 2 is 0.970 bits per heavy atom. The van der Waals surface area contributed by atoms with Gasteiger partial charge in [-0.05, 0) is 106 Å². The summed E-state index contributed by atoms with van der Waals surface area (Å²) in [5.41, 5.74) is 20.7. The van der Waals surface area contributed by atoms with Gasteiger partial charge >= 0.3 is 0 Å². The quantitative estimate of drug-likeness (QED) is 0.154. The number of nitrogens with zero attached hydrogens (tertiary/aromatic N) is 4. The van der Waals surface area contributed by atoms with Crippen molar-refractivity contribution in [3.63, 3.8) is 0 Å². The second-order valence-corrected chi connectivity index (χ2v) is 17.5. The molecule has 13 aromatic rings. The smallest absolute Gasteiger partial charge is 0.194 e. The topological polar surface area (TPSA) is 19.1 Å². The summed E-state index contributed by atoms with van der Waals surface area (Å²) in [4.78, 5) is 3.84. The van der Waals surface area contributed by atoms with Crippen molar-refractivity contribution in [2.75, 3.05) is 0 Å². The second-order valence-electron chi connectivity index (χ2n) is 17.5. The molecule has 1 aliphatic rings. The van der Waals surface area contributed by atoms with Crippen molar-refractivity contribution in [3.05, 3.63) is 241 Å². The first kappa shape index (κ1) is 36.6. The third-order valence-electron chi connectivity index (χ3n) is 14.1. The molecular weight excluding hydrogens is 801 g/mol. The fourth-order valence-corrected chi connectivity index (χ4v) is 11.2. The van der Waals surface area contributed by atoms with Gasteiger partial charge in [-0.1, -0.05) is 158 Å². The minimum absolute atomic E-state index is 0.655. The molecule has 0 unspecified atom stereocenters. The molecule has 0 spiro atoms. The summed E-state index contributed by atoms with van der Waals surface area (Å²) in [6.07, 6.45) is 0.916. The van der Waals surface area contributed by atoms with Gasteiger partial charge in [0, 0.05) is 49.3 Å². The van der Waals surface area contributed by atoms with Crippen molar-refractivity contribution in [1.29, 1.82) is 0 Å². The maximum atomic E-state index is 7.85. The van der Waals surface area contributed by atoms with Crippen molar-refractivity contribution < 1.29 is 0 Å². The molecule has 0 fully saturated rings. The van der Waals surface area contributed by atoms with Crippen LogP contribution in [0.25, 0.3) is 121 Å². The number of rotatable bonds is 5. The molecule has 0 saturated heterocycles. The predicted molar refractivity (Wildman–Crippen MR) is 275 cm³/mol. The van der Waals surface area contributed by atoms with Gasteiger partial charge in [-0.25, -0.2) is 4.85 Å². The fourth-order valence-electron chi connectivity index (χ4n) is 11.2. The Morgan fingerprint density at radius 1 is 0.348 bits per heavy atom. The molecule has 0 atom stereocenters. The van der Waals surface area contributed by atoms with Crippen molar-refractivity contribution in [3.8, 4) is 50.4 Å². The van der Waals surface area contributed by atoms with Crippen LogP contribution in [0.3, 0.4) is 0 Å². The molecule has 4 nitrogen and oxygen atoms in total. The van der Waals surface area contributed by atoms with Crippen LogP contribution in [0.5, 0.6) is 0 Å². The van der Waals surface area contributed by atoms with Crippen molar-refractivity contribution in [2.24, 2.45) is 0 Å². The minimum Gasteiger partial charge on any atom is -0.309 e. The molecule has 14 rings (SSSR count). The highest BCUT2D eigenvalue weighted by molar-refractivity contribution is 6.26. The van der Waals surface area contributed by atoms with E-state index in [1.165, 1.54) is 76.6 Å². The standard InChI is InChI=1S/C62H38N4/c1-63-54-23-11-7-19-46(54)39-27-29-40(30-28-39)47-32-31-44(37-60(47)66-56-25-13-9-21-49(56)53-38-52-42(36-59(53)66)35-41-15-5-6-18-45(41)52)64-57-26-14-10-22-51(57)61-58(64)34-33-50-48-20-8-12-24-55(48)65(62(50)61)43-16-3-2-4-17-43/h2-34,36-38H,35H2. The average molecular weight is 839 g/mol. The van der Waals surface area contributed by atoms with Gasteiger partial charge in [-0.15, -0.1) is 0 Å². The van der Waals surface area contributed by atoms with E-state index in [-0.39, 0.29) is 0 Å². The van der Waals surface area contributed by atoms with Gasteiger partial charge in [0.25, 0.3) is 0 Å². The lowest BCUT2D eigenvalue weighted by Gasteiger charge is -2.18. The van der Waals surface area contributed by atoms with E-state index in [4.69, 9.17) is 6.57 Å². The van der Waals surface area contributed by atoms with Crippen LogP contribution in [0.15, 0.2) is 218 Å². The lowest BCUT2D eigenvalue weighted by Crippen LogP contribution is -2.02. The molecule has 1 aliphatic carbocycles. The average Bonchev–Trinajstić information content (AvgIpc) is 4.12. The van der Waals surface area contributed by atoms with Gasteiger partial charge in [-0.2, -0.15) is 0 Å². The Kier molecular flexibility index (Phi) is 7.78. The Morgan fingerprint density at radius 3 is 1.74 bits per heavy atom. The molecule has 0 bridgehead atoms. The van der Waals surface area contributed by atoms with E-state index < -0.39 is 0 Å². The molecule has 0 saturated carbocycles. The molecule has 0 N–H and O–H groups in total. The molecular formula is C62H38N4. The molecule has 66 heavy (non-hydrogen) atoms. The third kappa shape index (κ3) is 5.20. The largest absolute Gasteiger partial charge is 0.309 e. The molecule has 4 heteroatoms. The molecule has 0 amide bonds. The summed E-state index contributed by atoms with van der Waals surface area (Å²) in [5.74, 6) is 0. The van der Waals surface area contributed by atoms with E-state index in [2.05, 4.69) is 213 Å². The highest BCUT2D eigenvalue weighted by atomic mass is 15.0. The second kappa shape index (κ2) is 14.0. The van der Waals surface area contributed by atoms with Crippen molar-refractivity contribution >= 4 is 71.1 Å². The minimum atomic E-state index is 0.655. The van der Waals surface area contributed by atoms with Gasteiger partial charge in [0.05, 0.1) is 45.4 Å². The predicted octanol–water partition coefficient (Wildman–Crippen LogP) is 16.4. The van der Waals surface area contributed by atoms with Gasteiger partial charge < -0.3 is 13.7 Å². The van der Waals surface area contributed by atoms with E-state index in [1.807, 2.05) is 24.3 Å². The van der Waals surface area contributed by atoms with Crippen molar-refractivity contribution in [1.82, 2.24) is 13.7 Å². The maximum Gasteiger partial charge on any atom is 0.194 e. The lowest BCUT2D eigenvalue weighted by molar-refractivity contribution is 1.13. The normalized spacial score (nSPS) is 12.2. The van der Waals surface area contributed by atoms with Gasteiger partial charge in [0.2, 0.25) is 0 Å². The van der Waals surface area contributed by atoms with Crippen LogP contribution in [0.1, 0.15) is 11.1 Å². The maximum absolute atomic E-state index is 7.85. The van der Waals surface area contributed by atoms with E-state index in [9.17, 15) is 0 Å². The first-order chi connectivity index (χ1) is 32.7. The first-order valence-corrected chi connectivity index (χ1v) is 22.6. The Labute approximate surface area is 380 Å². The Hall–Kier alpha value is -8.91. The van der Waals surface area contributed by atoms with Crippen LogP contribution >= 0.6 is 0 Å². The molecule has 0 aliphatic heterocycles. The van der Waals surface area contributed by atoms with Gasteiger partial charge in [0.15, 0.2) is 5.69 Å². The van der Waals surface area contributed by atoms with Crippen LogP contribution in [-0.2, 0) is 6.42 Å². The van der Waals surface area contributed by atoms with E-state index in [1.54, 1.807) is 0 Å². The molecule has 306 valence electrons. The van der Waals surface area contributed by atoms with E-state index in [0.29, 0.717) is 5.69 Å². The molecule has 10 aromatic carbocycles. The van der Waals surface area contributed by atoms with E-state index in [0.717, 1.165) is 56.8 Å².